The molecule has 4 heteroatoms. The van der Waals surface area contributed by atoms with Crippen LogP contribution in [0, 0.1) is 0 Å². The number of hydrogen-bond acceptors (Lipinski definition) is 4. The van der Waals surface area contributed by atoms with Crippen molar-refractivity contribution in [3.05, 3.63) is 18.2 Å². The van der Waals surface area contributed by atoms with Crippen molar-refractivity contribution < 1.29 is 0 Å². The molecular weight excluding hydrogens is 248 g/mol. The number of nitrogens with zero attached hydrogens (tertiary/aromatic N) is 3. The van der Waals surface area contributed by atoms with E-state index in [2.05, 4.69) is 54.1 Å². The molecule has 1 atom stereocenters. The van der Waals surface area contributed by atoms with Crippen molar-refractivity contribution in [1.29, 1.82) is 0 Å². The summed E-state index contributed by atoms with van der Waals surface area (Å²) >= 11 is 0. The van der Waals surface area contributed by atoms with E-state index in [0.29, 0.717) is 0 Å². The number of piperazine rings is 1. The molecule has 2 aliphatic rings. The number of hydrogen-bond donors (Lipinski definition) is 1. The molecule has 1 aromatic rings. The summed E-state index contributed by atoms with van der Waals surface area (Å²) in [6.45, 7) is 11.2. The fourth-order valence-electron chi connectivity index (χ4n) is 3.25. The van der Waals surface area contributed by atoms with Gasteiger partial charge in [-0.15, -0.1) is 0 Å². The summed E-state index contributed by atoms with van der Waals surface area (Å²) in [5.41, 5.74) is 0.0514. The lowest BCUT2D eigenvalue weighted by Gasteiger charge is -2.38. The van der Waals surface area contributed by atoms with Gasteiger partial charge in [0.25, 0.3) is 0 Å². The molecule has 0 radical (unpaired) electrons. The van der Waals surface area contributed by atoms with E-state index in [1.807, 2.05) is 0 Å². The molecule has 110 valence electrons. The summed E-state index contributed by atoms with van der Waals surface area (Å²) in [6, 6.07) is 7.04. The Balaban J connectivity index is 1.72. The van der Waals surface area contributed by atoms with Gasteiger partial charge in [0.1, 0.15) is 11.6 Å². The summed E-state index contributed by atoms with van der Waals surface area (Å²) in [7, 11) is 0. The number of anilines is 2. The monoisotopic (exact) mass is 274 g/mol. The van der Waals surface area contributed by atoms with Crippen LogP contribution in [0.15, 0.2) is 18.2 Å². The Bertz CT molecular complexity index is 466. The lowest BCUT2D eigenvalue weighted by molar-refractivity contribution is 0.230. The molecule has 2 aliphatic heterocycles. The Morgan fingerprint density at radius 1 is 1.20 bits per heavy atom. The van der Waals surface area contributed by atoms with Crippen LogP contribution in [0.4, 0.5) is 11.6 Å². The second-order valence-electron chi connectivity index (χ2n) is 7.03. The van der Waals surface area contributed by atoms with Crippen LogP contribution in [0.25, 0.3) is 0 Å². The highest BCUT2D eigenvalue weighted by Crippen LogP contribution is 2.25. The van der Waals surface area contributed by atoms with E-state index in [9.17, 15) is 0 Å². The highest BCUT2D eigenvalue weighted by Gasteiger charge is 2.31. The Hall–Kier alpha value is -1.29. The first-order valence-corrected chi connectivity index (χ1v) is 7.75. The normalized spacial score (nSPS) is 23.8. The molecule has 1 aromatic heterocycles. The van der Waals surface area contributed by atoms with Crippen molar-refractivity contribution in [3.63, 3.8) is 0 Å². The van der Waals surface area contributed by atoms with Crippen molar-refractivity contribution in [2.75, 3.05) is 36.4 Å². The minimum Gasteiger partial charge on any atom is -0.365 e. The third-order valence-electron chi connectivity index (χ3n) is 4.15. The highest BCUT2D eigenvalue weighted by molar-refractivity contribution is 5.48. The van der Waals surface area contributed by atoms with E-state index in [1.54, 1.807) is 0 Å². The molecule has 0 bridgehead atoms. The molecule has 1 unspecified atom stereocenters. The third kappa shape index (κ3) is 3.06. The SMILES string of the molecule is CC(C)(C)Nc1cccc(N2CCN3CCCC3C2)n1. The van der Waals surface area contributed by atoms with Gasteiger partial charge in [0.15, 0.2) is 0 Å². The zero-order valence-electron chi connectivity index (χ0n) is 12.9. The average molecular weight is 274 g/mol. The van der Waals surface area contributed by atoms with Gasteiger partial charge in [0.2, 0.25) is 0 Å². The standard InChI is InChI=1S/C16H26N4/c1-16(2,3)18-14-7-4-8-15(17-14)20-11-10-19-9-5-6-13(19)12-20/h4,7-8,13H,5-6,9-12H2,1-3H3,(H,17,18). The maximum absolute atomic E-state index is 4.79. The minimum atomic E-state index is 0.0514. The Labute approximate surface area is 122 Å². The number of nitrogens with one attached hydrogen (secondary N) is 1. The quantitative estimate of drug-likeness (QED) is 0.898. The van der Waals surface area contributed by atoms with E-state index in [-0.39, 0.29) is 5.54 Å². The molecule has 0 spiro atoms. The molecule has 0 saturated carbocycles. The highest BCUT2D eigenvalue weighted by atomic mass is 15.3. The van der Waals surface area contributed by atoms with Gasteiger partial charge >= 0.3 is 0 Å². The van der Waals surface area contributed by atoms with Gasteiger partial charge in [-0.05, 0) is 52.3 Å². The maximum atomic E-state index is 4.79. The Kier molecular flexibility index (Phi) is 3.59. The van der Waals surface area contributed by atoms with Gasteiger partial charge in [-0.25, -0.2) is 4.98 Å². The molecule has 4 nitrogen and oxygen atoms in total. The molecule has 0 aromatic carbocycles. The minimum absolute atomic E-state index is 0.0514. The van der Waals surface area contributed by atoms with Crippen LogP contribution in [-0.2, 0) is 0 Å². The van der Waals surface area contributed by atoms with Gasteiger partial charge in [-0.3, -0.25) is 4.90 Å². The number of fused-ring (bicyclic) bond motifs is 1. The molecule has 3 rings (SSSR count). The topological polar surface area (TPSA) is 31.4 Å². The van der Waals surface area contributed by atoms with Crippen LogP contribution in [0.2, 0.25) is 0 Å². The first kappa shape index (κ1) is 13.7. The van der Waals surface area contributed by atoms with Gasteiger partial charge in [0.05, 0.1) is 0 Å². The van der Waals surface area contributed by atoms with E-state index in [1.165, 1.54) is 25.9 Å². The second-order valence-corrected chi connectivity index (χ2v) is 7.03. The van der Waals surface area contributed by atoms with Crippen LogP contribution < -0.4 is 10.2 Å². The number of aromatic nitrogens is 1. The summed E-state index contributed by atoms with van der Waals surface area (Å²) in [4.78, 5) is 9.87. The van der Waals surface area contributed by atoms with Gasteiger partial charge < -0.3 is 10.2 Å². The van der Waals surface area contributed by atoms with E-state index in [4.69, 9.17) is 4.98 Å². The zero-order valence-corrected chi connectivity index (χ0v) is 12.9. The van der Waals surface area contributed by atoms with Crippen LogP contribution >= 0.6 is 0 Å². The first-order valence-electron chi connectivity index (χ1n) is 7.75. The van der Waals surface area contributed by atoms with Crippen LogP contribution in [0.5, 0.6) is 0 Å². The Morgan fingerprint density at radius 3 is 2.85 bits per heavy atom. The van der Waals surface area contributed by atoms with Gasteiger partial charge in [0, 0.05) is 31.2 Å². The average Bonchev–Trinajstić information content (AvgIpc) is 2.84. The van der Waals surface area contributed by atoms with E-state index < -0.39 is 0 Å². The fraction of sp³-hybridized carbons (Fsp3) is 0.688. The van der Waals surface area contributed by atoms with Crippen LogP contribution in [-0.4, -0.2) is 47.6 Å². The molecule has 0 aliphatic carbocycles. The summed E-state index contributed by atoms with van der Waals surface area (Å²) in [6.07, 6.45) is 2.70. The Morgan fingerprint density at radius 2 is 2.05 bits per heavy atom. The van der Waals surface area contributed by atoms with Crippen LogP contribution in [0.1, 0.15) is 33.6 Å². The predicted octanol–water partition coefficient (Wildman–Crippen LogP) is 2.58. The van der Waals surface area contributed by atoms with Crippen molar-refractivity contribution in [1.82, 2.24) is 9.88 Å². The zero-order chi connectivity index (χ0) is 14.2. The van der Waals surface area contributed by atoms with Crippen molar-refractivity contribution in [2.24, 2.45) is 0 Å². The smallest absolute Gasteiger partial charge is 0.131 e. The van der Waals surface area contributed by atoms with Crippen LogP contribution in [0.3, 0.4) is 0 Å². The molecular formula is C16H26N4. The molecule has 2 fully saturated rings. The van der Waals surface area contributed by atoms with E-state index >= 15 is 0 Å². The molecule has 3 heterocycles. The van der Waals surface area contributed by atoms with Crippen molar-refractivity contribution in [3.8, 4) is 0 Å². The first-order chi connectivity index (χ1) is 9.51. The molecule has 1 N–H and O–H groups in total. The summed E-state index contributed by atoms with van der Waals surface area (Å²) in [5, 5.41) is 3.46. The van der Waals surface area contributed by atoms with Crippen molar-refractivity contribution >= 4 is 11.6 Å². The third-order valence-corrected chi connectivity index (χ3v) is 4.15. The lowest BCUT2D eigenvalue weighted by Crippen LogP contribution is -2.50. The number of rotatable bonds is 2. The molecule has 2 saturated heterocycles. The van der Waals surface area contributed by atoms with Crippen molar-refractivity contribution in [2.45, 2.75) is 45.2 Å². The predicted molar refractivity (Wildman–Crippen MR) is 84.4 cm³/mol. The summed E-state index contributed by atoms with van der Waals surface area (Å²) in [5.74, 6) is 2.09. The largest absolute Gasteiger partial charge is 0.365 e. The molecule has 20 heavy (non-hydrogen) atoms. The summed E-state index contributed by atoms with van der Waals surface area (Å²) < 4.78 is 0. The fourth-order valence-corrected chi connectivity index (χ4v) is 3.25. The van der Waals surface area contributed by atoms with E-state index in [0.717, 1.165) is 30.8 Å². The lowest BCUT2D eigenvalue weighted by atomic mass is 10.1. The maximum Gasteiger partial charge on any atom is 0.131 e. The second kappa shape index (κ2) is 5.24. The molecule has 0 amide bonds. The number of pyridine rings is 1. The van der Waals surface area contributed by atoms with Gasteiger partial charge in [-0.2, -0.15) is 0 Å². The van der Waals surface area contributed by atoms with Gasteiger partial charge in [-0.1, -0.05) is 6.07 Å².